The molecule has 0 aliphatic carbocycles. The van der Waals surface area contributed by atoms with Gasteiger partial charge in [-0.05, 0) is 49.4 Å². The molecule has 1 fully saturated rings. The number of thiophene rings is 1. The number of nitrogens with zero attached hydrogens (tertiary/aromatic N) is 3. The third kappa shape index (κ3) is 6.93. The molecule has 2 aromatic rings. The van der Waals surface area contributed by atoms with E-state index in [9.17, 15) is 4.79 Å². The van der Waals surface area contributed by atoms with Crippen molar-refractivity contribution in [3.63, 3.8) is 0 Å². The molecular formula is C19H27IN6OS. The molecule has 0 aromatic carbocycles. The van der Waals surface area contributed by atoms with Crippen molar-refractivity contribution in [3.8, 4) is 0 Å². The van der Waals surface area contributed by atoms with Crippen LogP contribution in [0, 0.1) is 0 Å². The van der Waals surface area contributed by atoms with Crippen molar-refractivity contribution in [2.24, 2.45) is 4.99 Å². The number of halogens is 1. The van der Waals surface area contributed by atoms with Gasteiger partial charge in [-0.15, -0.1) is 35.3 Å². The Morgan fingerprint density at radius 3 is 2.79 bits per heavy atom. The maximum atomic E-state index is 12.1. The summed E-state index contributed by atoms with van der Waals surface area (Å²) in [5.41, 5.74) is 0.677. The first-order valence-corrected chi connectivity index (χ1v) is 10.2. The number of guanidine groups is 1. The zero-order valence-corrected chi connectivity index (χ0v) is 19.1. The van der Waals surface area contributed by atoms with Crippen LogP contribution in [0.15, 0.2) is 47.0 Å². The summed E-state index contributed by atoms with van der Waals surface area (Å²) >= 11 is 1.79. The molecular weight excluding hydrogens is 487 g/mol. The van der Waals surface area contributed by atoms with Crippen LogP contribution in [0.25, 0.3) is 0 Å². The minimum absolute atomic E-state index is 0. The number of hydrogen-bond acceptors (Lipinski definition) is 5. The summed E-state index contributed by atoms with van der Waals surface area (Å²) in [6.07, 6.45) is 5.38. The molecule has 1 amide bonds. The largest absolute Gasteiger partial charge is 0.363 e. The molecule has 152 valence electrons. The fraction of sp³-hybridized carbons (Fsp3) is 0.421. The molecule has 1 aliphatic heterocycles. The molecule has 2 aromatic heterocycles. The average Bonchev–Trinajstić information content (AvgIpc) is 3.22. The third-order valence-electron chi connectivity index (χ3n) is 4.32. The molecule has 0 atom stereocenters. The van der Waals surface area contributed by atoms with Gasteiger partial charge in [-0.2, -0.15) is 0 Å². The number of aliphatic imine (C=N–C) groups is 1. The van der Waals surface area contributed by atoms with Gasteiger partial charge in [0, 0.05) is 31.9 Å². The highest BCUT2D eigenvalue weighted by Gasteiger charge is 2.20. The van der Waals surface area contributed by atoms with E-state index >= 15 is 0 Å². The zero-order valence-electron chi connectivity index (χ0n) is 15.9. The number of hydrogen-bond donors (Lipinski definition) is 3. The van der Waals surface area contributed by atoms with E-state index in [0.717, 1.165) is 32.5 Å². The van der Waals surface area contributed by atoms with Crippen molar-refractivity contribution in [2.45, 2.75) is 25.8 Å². The summed E-state index contributed by atoms with van der Waals surface area (Å²) in [5.74, 6) is 0.529. The summed E-state index contributed by atoms with van der Waals surface area (Å²) in [5, 5.41) is 12.9. The van der Waals surface area contributed by atoms with E-state index in [1.807, 2.05) is 6.92 Å². The quantitative estimate of drug-likeness (QED) is 0.314. The molecule has 0 unspecified atom stereocenters. The topological polar surface area (TPSA) is 81.6 Å². The highest BCUT2D eigenvalue weighted by atomic mass is 127. The Morgan fingerprint density at radius 2 is 2.14 bits per heavy atom. The normalized spacial score (nSPS) is 14.9. The first-order valence-electron chi connectivity index (χ1n) is 9.27. The van der Waals surface area contributed by atoms with Crippen molar-refractivity contribution >= 4 is 57.9 Å². The molecule has 3 rings (SSSR count). The van der Waals surface area contributed by atoms with E-state index in [1.165, 1.54) is 5.00 Å². The second kappa shape index (κ2) is 11.8. The number of nitrogens with one attached hydrogen (secondary N) is 3. The van der Waals surface area contributed by atoms with Gasteiger partial charge < -0.3 is 20.9 Å². The Labute approximate surface area is 187 Å². The summed E-state index contributed by atoms with van der Waals surface area (Å²) in [6.45, 7) is 4.90. The second-order valence-electron chi connectivity index (χ2n) is 6.34. The lowest BCUT2D eigenvalue weighted by molar-refractivity contribution is -0.114. The molecule has 0 saturated carbocycles. The van der Waals surface area contributed by atoms with Gasteiger partial charge >= 0.3 is 0 Å². The lowest BCUT2D eigenvalue weighted by atomic mass is 10.1. The highest BCUT2D eigenvalue weighted by Crippen LogP contribution is 2.24. The number of carbonyl (C=O) groups excluding carboxylic acids is 1. The van der Waals surface area contributed by atoms with Gasteiger partial charge in [0.1, 0.15) is 6.54 Å². The Kier molecular flexibility index (Phi) is 9.48. The number of rotatable bonds is 6. The number of anilines is 2. The van der Waals surface area contributed by atoms with Gasteiger partial charge in [0.25, 0.3) is 0 Å². The van der Waals surface area contributed by atoms with E-state index in [4.69, 9.17) is 0 Å². The molecule has 1 aliphatic rings. The van der Waals surface area contributed by atoms with Crippen molar-refractivity contribution in [3.05, 3.63) is 42.0 Å². The third-order valence-corrected chi connectivity index (χ3v) is 5.25. The first kappa shape index (κ1) is 22.4. The smallest absolute Gasteiger partial charge is 0.246 e. The fourth-order valence-electron chi connectivity index (χ4n) is 3.00. The van der Waals surface area contributed by atoms with Crippen LogP contribution in [0.4, 0.5) is 10.7 Å². The van der Waals surface area contributed by atoms with Crippen molar-refractivity contribution in [1.29, 1.82) is 0 Å². The van der Waals surface area contributed by atoms with E-state index in [-0.39, 0.29) is 36.4 Å². The minimum atomic E-state index is -0.160. The molecule has 7 nitrogen and oxygen atoms in total. The van der Waals surface area contributed by atoms with Crippen LogP contribution in [0.2, 0.25) is 0 Å². The fourth-order valence-corrected chi connectivity index (χ4v) is 3.78. The predicted octanol–water partition coefficient (Wildman–Crippen LogP) is 2.92. The number of piperidine rings is 1. The second-order valence-corrected chi connectivity index (χ2v) is 7.27. The van der Waals surface area contributed by atoms with Crippen LogP contribution < -0.4 is 20.9 Å². The van der Waals surface area contributed by atoms with Gasteiger partial charge in [0.2, 0.25) is 5.91 Å². The van der Waals surface area contributed by atoms with Crippen LogP contribution in [0.5, 0.6) is 0 Å². The SMILES string of the molecule is CCNC(=NCC(=O)Nc1cccnc1)NC1CCN(c2cccs2)CC1.I. The Morgan fingerprint density at radius 1 is 1.32 bits per heavy atom. The van der Waals surface area contributed by atoms with E-state index in [0.29, 0.717) is 17.7 Å². The Balaban J connectivity index is 0.00000280. The lowest BCUT2D eigenvalue weighted by Gasteiger charge is -2.33. The van der Waals surface area contributed by atoms with Crippen molar-refractivity contribution < 1.29 is 4.79 Å². The lowest BCUT2D eigenvalue weighted by Crippen LogP contribution is -2.48. The van der Waals surface area contributed by atoms with E-state index in [1.54, 1.807) is 35.9 Å². The van der Waals surface area contributed by atoms with Gasteiger partial charge in [-0.3, -0.25) is 9.78 Å². The number of amides is 1. The van der Waals surface area contributed by atoms with Gasteiger partial charge in [-0.25, -0.2) is 4.99 Å². The molecule has 0 spiro atoms. The van der Waals surface area contributed by atoms with Gasteiger partial charge in [0.05, 0.1) is 16.9 Å². The molecule has 3 N–H and O–H groups in total. The molecule has 28 heavy (non-hydrogen) atoms. The molecule has 1 saturated heterocycles. The monoisotopic (exact) mass is 514 g/mol. The van der Waals surface area contributed by atoms with Crippen molar-refractivity contribution in [1.82, 2.24) is 15.6 Å². The van der Waals surface area contributed by atoms with Crippen LogP contribution in [-0.2, 0) is 4.79 Å². The molecule has 0 bridgehead atoms. The van der Waals surface area contributed by atoms with E-state index in [2.05, 4.69) is 48.3 Å². The molecule has 3 heterocycles. The zero-order chi connectivity index (χ0) is 18.9. The Hall–Kier alpha value is -1.88. The van der Waals surface area contributed by atoms with Crippen LogP contribution >= 0.6 is 35.3 Å². The summed E-state index contributed by atoms with van der Waals surface area (Å²) in [4.78, 5) is 22.9. The van der Waals surface area contributed by atoms with Crippen LogP contribution in [0.1, 0.15) is 19.8 Å². The number of aromatic nitrogens is 1. The average molecular weight is 514 g/mol. The van der Waals surface area contributed by atoms with Crippen LogP contribution in [-0.4, -0.2) is 49.1 Å². The minimum Gasteiger partial charge on any atom is -0.363 e. The maximum Gasteiger partial charge on any atom is 0.246 e. The number of carbonyl (C=O) groups is 1. The highest BCUT2D eigenvalue weighted by molar-refractivity contribution is 14.0. The molecule has 9 heteroatoms. The molecule has 0 radical (unpaired) electrons. The van der Waals surface area contributed by atoms with Gasteiger partial charge in [-0.1, -0.05) is 0 Å². The Bertz CT molecular complexity index is 732. The first-order chi connectivity index (χ1) is 13.2. The summed E-state index contributed by atoms with van der Waals surface area (Å²) < 4.78 is 0. The van der Waals surface area contributed by atoms with Gasteiger partial charge in [0.15, 0.2) is 5.96 Å². The van der Waals surface area contributed by atoms with Crippen LogP contribution in [0.3, 0.4) is 0 Å². The van der Waals surface area contributed by atoms with E-state index < -0.39 is 0 Å². The number of pyridine rings is 1. The maximum absolute atomic E-state index is 12.1. The standard InChI is InChI=1S/C19H26N6OS.HI/c1-2-21-19(22-14-17(26)23-16-5-3-9-20-13-16)24-15-7-10-25(11-8-15)18-6-4-12-27-18;/h3-6,9,12-13,15H,2,7-8,10-11,14H2,1H3,(H,23,26)(H2,21,22,24);1H. The summed E-state index contributed by atoms with van der Waals surface area (Å²) in [6, 6.07) is 8.22. The summed E-state index contributed by atoms with van der Waals surface area (Å²) in [7, 11) is 0. The van der Waals surface area contributed by atoms with Crippen molar-refractivity contribution in [2.75, 3.05) is 36.4 Å². The predicted molar refractivity (Wildman–Crippen MR) is 127 cm³/mol.